The van der Waals surface area contributed by atoms with E-state index in [1.807, 2.05) is 24.3 Å². The lowest BCUT2D eigenvalue weighted by Gasteiger charge is -2.25. The van der Waals surface area contributed by atoms with Crippen LogP contribution < -0.4 is 20.9 Å². The van der Waals surface area contributed by atoms with Gasteiger partial charge in [-0.25, -0.2) is 0 Å². The fourth-order valence-electron chi connectivity index (χ4n) is 4.15. The number of anilines is 3. The molecule has 1 amide bonds. The van der Waals surface area contributed by atoms with Gasteiger partial charge in [-0.3, -0.25) is 4.79 Å². The van der Waals surface area contributed by atoms with Gasteiger partial charge >= 0.3 is 0 Å². The molecular weight excluding hydrogens is 426 g/mol. The number of carbonyl (C=O) groups excluding carboxylic acids is 1. The first-order valence-electron chi connectivity index (χ1n) is 11.7. The van der Waals surface area contributed by atoms with Crippen molar-refractivity contribution in [3.63, 3.8) is 0 Å². The summed E-state index contributed by atoms with van der Waals surface area (Å²) >= 11 is 6.31. The predicted molar refractivity (Wildman–Crippen MR) is 128 cm³/mol. The second-order valence-electron chi connectivity index (χ2n) is 8.47. The average molecular weight is 458 g/mol. The Bertz CT molecular complexity index is 902. The first kappa shape index (κ1) is 22.6. The maximum atomic E-state index is 12.4. The van der Waals surface area contributed by atoms with Gasteiger partial charge in [-0.1, -0.05) is 49.1 Å². The van der Waals surface area contributed by atoms with Crippen molar-refractivity contribution in [3.05, 3.63) is 34.9 Å². The molecule has 1 atom stereocenters. The minimum Gasteiger partial charge on any atom is -0.354 e. The number of carbonyl (C=O) groups is 1. The lowest BCUT2D eigenvalue weighted by Crippen LogP contribution is -2.38. The highest BCUT2D eigenvalue weighted by atomic mass is 35.5. The average Bonchev–Trinajstić information content (AvgIpc) is 2.97. The molecule has 1 aromatic carbocycles. The Morgan fingerprint density at radius 2 is 1.72 bits per heavy atom. The van der Waals surface area contributed by atoms with Crippen molar-refractivity contribution in [1.82, 2.24) is 20.3 Å². The van der Waals surface area contributed by atoms with Gasteiger partial charge in [0.05, 0.1) is 0 Å². The summed E-state index contributed by atoms with van der Waals surface area (Å²) in [5.74, 6) is 1.57. The van der Waals surface area contributed by atoms with Crippen molar-refractivity contribution < 1.29 is 4.79 Å². The molecule has 0 radical (unpaired) electrons. The van der Waals surface area contributed by atoms with Gasteiger partial charge in [0.25, 0.3) is 0 Å². The van der Waals surface area contributed by atoms with E-state index in [-0.39, 0.29) is 11.9 Å². The van der Waals surface area contributed by atoms with Crippen LogP contribution in [0.5, 0.6) is 0 Å². The molecule has 8 nitrogen and oxygen atoms in total. The van der Waals surface area contributed by atoms with Crippen LogP contribution in [0.4, 0.5) is 17.8 Å². The maximum Gasteiger partial charge on any atom is 0.242 e. The zero-order valence-corrected chi connectivity index (χ0v) is 19.2. The molecule has 0 saturated carbocycles. The summed E-state index contributed by atoms with van der Waals surface area (Å²) in [4.78, 5) is 28.7. The van der Waals surface area contributed by atoms with E-state index in [1.54, 1.807) is 0 Å². The number of amides is 1. The maximum absolute atomic E-state index is 12.4. The molecule has 3 N–H and O–H groups in total. The highest BCUT2D eigenvalue weighted by Gasteiger charge is 2.23. The van der Waals surface area contributed by atoms with Crippen LogP contribution in [0.3, 0.4) is 0 Å². The Hall–Kier alpha value is -2.61. The van der Waals surface area contributed by atoms with Gasteiger partial charge < -0.3 is 20.9 Å². The minimum absolute atomic E-state index is 0.00120. The van der Waals surface area contributed by atoms with Crippen LogP contribution in [0.15, 0.2) is 24.3 Å². The molecule has 2 aromatic rings. The van der Waals surface area contributed by atoms with E-state index in [0.717, 1.165) is 57.3 Å². The molecule has 2 aliphatic heterocycles. The third-order valence-electron chi connectivity index (χ3n) is 6.00. The van der Waals surface area contributed by atoms with Crippen LogP contribution in [-0.4, -0.2) is 46.5 Å². The van der Waals surface area contributed by atoms with E-state index < -0.39 is 0 Å². The minimum atomic E-state index is -0.337. The number of nitrogens with one attached hydrogen (secondary N) is 3. The first-order valence-corrected chi connectivity index (χ1v) is 12.1. The van der Waals surface area contributed by atoms with Gasteiger partial charge in [0.2, 0.25) is 23.8 Å². The molecule has 0 spiro atoms. The zero-order valence-electron chi connectivity index (χ0n) is 18.4. The fourth-order valence-corrected chi connectivity index (χ4v) is 4.35. The number of aromatic nitrogens is 3. The third kappa shape index (κ3) is 6.22. The predicted octanol–water partition coefficient (Wildman–Crippen LogP) is 3.99. The van der Waals surface area contributed by atoms with E-state index in [1.165, 1.54) is 19.3 Å². The van der Waals surface area contributed by atoms with Gasteiger partial charge in [-0.15, -0.1) is 0 Å². The smallest absolute Gasteiger partial charge is 0.242 e. The van der Waals surface area contributed by atoms with Crippen LogP contribution in [0.25, 0.3) is 0 Å². The Morgan fingerprint density at radius 1 is 0.969 bits per heavy atom. The molecule has 2 saturated heterocycles. The van der Waals surface area contributed by atoms with Gasteiger partial charge in [0, 0.05) is 31.2 Å². The monoisotopic (exact) mass is 457 g/mol. The molecule has 32 heavy (non-hydrogen) atoms. The zero-order chi connectivity index (χ0) is 22.2. The first-order chi connectivity index (χ1) is 15.7. The SMILES string of the molecule is O=C1NCCCCC1Nc1nc(NCc2ccccc2Cl)nc(N2CCCCCCC2)n1. The Morgan fingerprint density at radius 3 is 2.53 bits per heavy atom. The van der Waals surface area contributed by atoms with E-state index in [2.05, 4.69) is 25.8 Å². The highest BCUT2D eigenvalue weighted by molar-refractivity contribution is 6.31. The van der Waals surface area contributed by atoms with Crippen LogP contribution in [-0.2, 0) is 11.3 Å². The van der Waals surface area contributed by atoms with Crippen molar-refractivity contribution in [3.8, 4) is 0 Å². The lowest BCUT2D eigenvalue weighted by atomic mass is 10.1. The van der Waals surface area contributed by atoms with E-state index in [0.29, 0.717) is 29.4 Å². The van der Waals surface area contributed by atoms with Crippen LogP contribution in [0.2, 0.25) is 5.02 Å². The van der Waals surface area contributed by atoms with Crippen molar-refractivity contribution >= 4 is 35.4 Å². The summed E-state index contributed by atoms with van der Waals surface area (Å²) in [5, 5.41) is 10.2. The molecule has 3 heterocycles. The molecule has 2 fully saturated rings. The summed E-state index contributed by atoms with van der Waals surface area (Å²) in [7, 11) is 0. The summed E-state index contributed by atoms with van der Waals surface area (Å²) in [6, 6.07) is 7.38. The molecule has 1 unspecified atom stereocenters. The number of nitrogens with zero attached hydrogens (tertiary/aromatic N) is 4. The normalized spacial score (nSPS) is 20.0. The highest BCUT2D eigenvalue weighted by Crippen LogP contribution is 2.21. The van der Waals surface area contributed by atoms with E-state index in [9.17, 15) is 4.79 Å². The number of rotatable bonds is 6. The molecular formula is C23H32ClN7O. The molecule has 4 rings (SSSR count). The van der Waals surface area contributed by atoms with Gasteiger partial charge in [-0.05, 0) is 43.7 Å². The number of halogens is 1. The molecule has 172 valence electrons. The molecule has 0 aliphatic carbocycles. The van der Waals surface area contributed by atoms with Crippen molar-refractivity contribution in [2.24, 2.45) is 0 Å². The Labute approximate surface area is 194 Å². The van der Waals surface area contributed by atoms with Crippen molar-refractivity contribution in [2.45, 2.75) is 64.0 Å². The summed E-state index contributed by atoms with van der Waals surface area (Å²) in [6.07, 6.45) is 8.74. The van der Waals surface area contributed by atoms with E-state index >= 15 is 0 Å². The Kier molecular flexibility index (Phi) is 7.98. The summed E-state index contributed by atoms with van der Waals surface area (Å²) in [5.41, 5.74) is 0.972. The number of hydrogen-bond donors (Lipinski definition) is 3. The second-order valence-corrected chi connectivity index (χ2v) is 8.87. The van der Waals surface area contributed by atoms with Crippen LogP contribution in [0, 0.1) is 0 Å². The van der Waals surface area contributed by atoms with Crippen molar-refractivity contribution in [2.75, 3.05) is 35.2 Å². The third-order valence-corrected chi connectivity index (χ3v) is 6.36. The molecule has 1 aromatic heterocycles. The van der Waals surface area contributed by atoms with Crippen molar-refractivity contribution in [1.29, 1.82) is 0 Å². The molecule has 0 bridgehead atoms. The number of benzene rings is 1. The largest absolute Gasteiger partial charge is 0.354 e. The summed E-state index contributed by atoms with van der Waals surface area (Å²) < 4.78 is 0. The second kappa shape index (κ2) is 11.3. The van der Waals surface area contributed by atoms with Gasteiger partial charge in [-0.2, -0.15) is 15.0 Å². The van der Waals surface area contributed by atoms with Gasteiger partial charge in [0.1, 0.15) is 6.04 Å². The standard InChI is InChI=1S/C23H32ClN7O/c24-18-11-5-4-10-17(18)16-26-21-28-22(27-19-12-6-7-13-25-20(19)32)30-23(29-21)31-14-8-2-1-3-9-15-31/h4-5,10-11,19H,1-3,6-9,12-16H2,(H,25,32)(H2,26,27,28,29,30). The summed E-state index contributed by atoms with van der Waals surface area (Å²) in [6.45, 7) is 3.08. The Balaban J connectivity index is 1.56. The van der Waals surface area contributed by atoms with Crippen LogP contribution in [0.1, 0.15) is 56.9 Å². The quantitative estimate of drug-likeness (QED) is 0.603. The topological polar surface area (TPSA) is 95.1 Å². The number of hydrogen-bond acceptors (Lipinski definition) is 7. The molecule has 2 aliphatic rings. The lowest BCUT2D eigenvalue weighted by molar-refractivity contribution is -0.121. The van der Waals surface area contributed by atoms with E-state index in [4.69, 9.17) is 21.6 Å². The molecule has 9 heteroatoms. The fraction of sp³-hybridized carbons (Fsp3) is 0.565. The van der Waals surface area contributed by atoms with Crippen LogP contribution >= 0.6 is 11.6 Å². The van der Waals surface area contributed by atoms with Gasteiger partial charge in [0.15, 0.2) is 0 Å².